The average molecular weight is 357 g/mol. The lowest BCUT2D eigenvalue weighted by atomic mass is 9.49. The third kappa shape index (κ3) is 2.84. The molecule has 6 rings (SSSR count). The Balaban J connectivity index is 1.14. The Morgan fingerprint density at radius 1 is 1.00 bits per heavy atom. The Hall–Kier alpha value is -1.52. The molecule has 2 aliphatic heterocycles. The summed E-state index contributed by atoms with van der Waals surface area (Å²) in [5, 5.41) is 0. The van der Waals surface area contributed by atoms with Gasteiger partial charge in [0.05, 0.1) is 6.54 Å². The molecule has 26 heavy (non-hydrogen) atoms. The summed E-state index contributed by atoms with van der Waals surface area (Å²) in [7, 11) is 0. The fourth-order valence-corrected chi connectivity index (χ4v) is 5.62. The highest BCUT2D eigenvalue weighted by Crippen LogP contribution is 2.58. The summed E-state index contributed by atoms with van der Waals surface area (Å²) in [6, 6.07) is 6.42. The molecule has 4 heteroatoms. The van der Waals surface area contributed by atoms with Crippen molar-refractivity contribution in [2.45, 2.75) is 33.2 Å². The Labute approximate surface area is 156 Å². The lowest BCUT2D eigenvalue weighted by Gasteiger charge is -2.56. The number of piperazine rings is 1. The maximum Gasteiger partial charge on any atom is 0.231 e. The van der Waals surface area contributed by atoms with E-state index in [1.54, 1.807) is 15.4 Å². The number of quaternary nitrogens is 2. The third-order valence-electron chi connectivity index (χ3n) is 7.59. The number of hydrogen-bond acceptors (Lipinski definition) is 2. The van der Waals surface area contributed by atoms with Crippen LogP contribution in [0, 0.1) is 17.3 Å². The van der Waals surface area contributed by atoms with Gasteiger partial charge in [0.25, 0.3) is 0 Å². The van der Waals surface area contributed by atoms with Gasteiger partial charge in [-0.1, -0.05) is 19.9 Å². The molecule has 5 aliphatic rings. The molecule has 1 aromatic carbocycles. The molecule has 0 spiro atoms. The molecule has 0 amide bonds. The van der Waals surface area contributed by atoms with Crippen LogP contribution in [0.2, 0.25) is 0 Å². The largest absolute Gasteiger partial charge is 0.454 e. The molecule has 4 nitrogen and oxygen atoms in total. The van der Waals surface area contributed by atoms with Crippen molar-refractivity contribution in [3.63, 3.8) is 0 Å². The number of nitrogens with one attached hydrogen (secondary N) is 2. The first-order chi connectivity index (χ1) is 12.6. The van der Waals surface area contributed by atoms with Gasteiger partial charge in [0.1, 0.15) is 32.7 Å². The van der Waals surface area contributed by atoms with E-state index >= 15 is 0 Å². The predicted molar refractivity (Wildman–Crippen MR) is 101 cm³/mol. The van der Waals surface area contributed by atoms with Crippen molar-refractivity contribution in [2.75, 3.05) is 39.5 Å². The van der Waals surface area contributed by atoms with Crippen LogP contribution in [0.5, 0.6) is 11.5 Å². The summed E-state index contributed by atoms with van der Waals surface area (Å²) >= 11 is 0. The molecule has 2 atom stereocenters. The smallest absolute Gasteiger partial charge is 0.231 e. The van der Waals surface area contributed by atoms with E-state index in [9.17, 15) is 0 Å². The van der Waals surface area contributed by atoms with E-state index in [2.05, 4.69) is 38.1 Å². The Morgan fingerprint density at radius 2 is 1.73 bits per heavy atom. The van der Waals surface area contributed by atoms with Crippen molar-refractivity contribution in [3.8, 4) is 11.5 Å². The number of benzene rings is 1. The second kappa shape index (κ2) is 6.28. The van der Waals surface area contributed by atoms with Crippen molar-refractivity contribution in [1.29, 1.82) is 0 Å². The molecule has 2 fully saturated rings. The van der Waals surface area contributed by atoms with E-state index in [1.807, 2.05) is 0 Å². The average Bonchev–Trinajstić information content (AvgIpc) is 3.11. The van der Waals surface area contributed by atoms with Crippen LogP contribution < -0.4 is 19.3 Å². The van der Waals surface area contributed by atoms with Gasteiger partial charge in [0.2, 0.25) is 6.79 Å². The van der Waals surface area contributed by atoms with Crippen LogP contribution in [0.25, 0.3) is 0 Å². The minimum atomic E-state index is 0.363. The Morgan fingerprint density at radius 3 is 2.46 bits per heavy atom. The fourth-order valence-electron chi connectivity index (χ4n) is 5.62. The van der Waals surface area contributed by atoms with Crippen LogP contribution in [0.1, 0.15) is 32.3 Å². The Bertz CT molecular complexity index is 719. The molecule has 0 radical (unpaired) electrons. The van der Waals surface area contributed by atoms with Gasteiger partial charge in [0.15, 0.2) is 11.5 Å². The predicted octanol–water partition coefficient (Wildman–Crippen LogP) is 0.691. The van der Waals surface area contributed by atoms with Gasteiger partial charge in [-0.25, -0.2) is 0 Å². The summed E-state index contributed by atoms with van der Waals surface area (Å²) < 4.78 is 10.9. The highest BCUT2D eigenvalue weighted by atomic mass is 16.7. The highest BCUT2D eigenvalue weighted by Gasteiger charge is 2.51. The first-order valence-electron chi connectivity index (χ1n) is 10.3. The van der Waals surface area contributed by atoms with Crippen molar-refractivity contribution in [3.05, 3.63) is 35.4 Å². The minimum Gasteiger partial charge on any atom is -0.454 e. The molecule has 1 saturated heterocycles. The molecule has 0 unspecified atom stereocenters. The maximum absolute atomic E-state index is 5.52. The minimum absolute atomic E-state index is 0.363. The van der Waals surface area contributed by atoms with Gasteiger partial charge in [-0.15, -0.1) is 0 Å². The number of allylic oxidation sites excluding steroid dienone is 1. The van der Waals surface area contributed by atoms with Crippen molar-refractivity contribution in [1.82, 2.24) is 0 Å². The van der Waals surface area contributed by atoms with Gasteiger partial charge < -0.3 is 19.3 Å². The van der Waals surface area contributed by atoms with Crippen LogP contribution in [-0.2, 0) is 6.54 Å². The summed E-state index contributed by atoms with van der Waals surface area (Å²) in [6.45, 7) is 12.9. The van der Waals surface area contributed by atoms with Crippen molar-refractivity contribution >= 4 is 0 Å². The molecule has 2 heterocycles. The first kappa shape index (κ1) is 16.6. The highest BCUT2D eigenvalue weighted by molar-refractivity contribution is 5.44. The van der Waals surface area contributed by atoms with Gasteiger partial charge in [-0.05, 0) is 53.9 Å². The topological polar surface area (TPSA) is 27.3 Å². The zero-order valence-corrected chi connectivity index (χ0v) is 16.1. The molecule has 2 N–H and O–H groups in total. The zero-order chi connectivity index (χ0) is 17.7. The van der Waals surface area contributed by atoms with Crippen LogP contribution in [-0.4, -0.2) is 39.5 Å². The quantitative estimate of drug-likeness (QED) is 0.777. The molecule has 3 aliphatic carbocycles. The Kier molecular flexibility index (Phi) is 4.02. The van der Waals surface area contributed by atoms with E-state index < -0.39 is 0 Å². The third-order valence-corrected chi connectivity index (χ3v) is 7.59. The molecule has 2 bridgehead atoms. The molecule has 1 aromatic rings. The summed E-state index contributed by atoms with van der Waals surface area (Å²) in [4.78, 5) is 3.50. The van der Waals surface area contributed by atoms with Crippen LogP contribution in [0.3, 0.4) is 0 Å². The number of fused-ring (bicyclic) bond motifs is 2. The molecule has 1 saturated carbocycles. The van der Waals surface area contributed by atoms with Crippen molar-refractivity contribution < 1.29 is 19.3 Å². The van der Waals surface area contributed by atoms with E-state index in [0.717, 1.165) is 29.9 Å². The summed E-state index contributed by atoms with van der Waals surface area (Å²) in [5.74, 6) is 3.62. The van der Waals surface area contributed by atoms with Crippen LogP contribution >= 0.6 is 0 Å². The molecule has 140 valence electrons. The number of ether oxygens (including phenoxy) is 2. The molecular formula is C22H32N2O2+2. The normalized spacial score (nSPS) is 34.2. The SMILES string of the molecule is CC1(C)[C@@H]2CC=C(C[NH+]3CC[NH+](Cc4ccc5c(c4)OCO5)CC3)[C@H]1C2. The second-order valence-corrected chi connectivity index (χ2v) is 9.36. The van der Waals surface area contributed by atoms with E-state index in [0.29, 0.717) is 12.2 Å². The maximum atomic E-state index is 5.52. The second-order valence-electron chi connectivity index (χ2n) is 9.36. The lowest BCUT2D eigenvalue weighted by molar-refractivity contribution is -1.02. The van der Waals surface area contributed by atoms with E-state index in [-0.39, 0.29) is 0 Å². The van der Waals surface area contributed by atoms with Crippen molar-refractivity contribution in [2.24, 2.45) is 17.3 Å². The van der Waals surface area contributed by atoms with Crippen LogP contribution in [0.4, 0.5) is 0 Å². The summed E-state index contributed by atoms with van der Waals surface area (Å²) in [5.41, 5.74) is 3.70. The first-order valence-corrected chi connectivity index (χ1v) is 10.3. The van der Waals surface area contributed by atoms with Gasteiger partial charge >= 0.3 is 0 Å². The zero-order valence-electron chi connectivity index (χ0n) is 16.1. The fraction of sp³-hybridized carbons (Fsp3) is 0.636. The monoisotopic (exact) mass is 356 g/mol. The number of hydrogen-bond donors (Lipinski definition) is 2. The van der Waals surface area contributed by atoms with Gasteiger partial charge in [-0.2, -0.15) is 0 Å². The summed E-state index contributed by atoms with van der Waals surface area (Å²) in [6.07, 6.45) is 5.37. The van der Waals surface area contributed by atoms with Gasteiger partial charge in [-0.3, -0.25) is 0 Å². The molecule has 0 aromatic heterocycles. The van der Waals surface area contributed by atoms with E-state index in [4.69, 9.17) is 9.47 Å². The van der Waals surface area contributed by atoms with E-state index in [1.165, 1.54) is 51.1 Å². The molecular weight excluding hydrogens is 324 g/mol. The standard InChI is InChI=1S/C22H30N2O2/c1-22(2)18-5-4-17(19(22)12-18)14-24-9-7-23(8-10-24)13-16-3-6-20-21(11-16)26-15-25-20/h3-4,6,11,18-19H,5,7-10,12-15H2,1-2H3/p+2/t18-,19-/m1/s1. The number of rotatable bonds is 4. The van der Waals surface area contributed by atoms with Gasteiger partial charge in [0, 0.05) is 5.56 Å². The lowest BCUT2D eigenvalue weighted by Crippen LogP contribution is -3.27. The van der Waals surface area contributed by atoms with Crippen LogP contribution in [0.15, 0.2) is 29.8 Å².